The first-order valence-electron chi connectivity index (χ1n) is 6.90. The van der Waals surface area contributed by atoms with Crippen LogP contribution in [0.1, 0.15) is 31.2 Å². The second-order valence-corrected chi connectivity index (χ2v) is 6.98. The molecule has 0 spiro atoms. The molecule has 1 atom stereocenters. The van der Waals surface area contributed by atoms with E-state index >= 15 is 0 Å². The van der Waals surface area contributed by atoms with Crippen LogP contribution in [0.15, 0.2) is 23.1 Å². The molecule has 22 heavy (non-hydrogen) atoms. The average Bonchev–Trinajstić information content (AvgIpc) is 2.99. The van der Waals surface area contributed by atoms with Crippen LogP contribution in [0.25, 0.3) is 0 Å². The van der Waals surface area contributed by atoms with Gasteiger partial charge < -0.3 is 5.73 Å². The van der Waals surface area contributed by atoms with Gasteiger partial charge in [-0.15, -0.1) is 12.4 Å². The summed E-state index contributed by atoms with van der Waals surface area (Å²) in [6.45, 7) is 0.218. The zero-order valence-electron chi connectivity index (χ0n) is 12.0. The highest BCUT2D eigenvalue weighted by Crippen LogP contribution is 2.28. The largest absolute Gasteiger partial charge is 0.329 e. The standard InChI is InChI=1S/C14H18FN3O2S.ClH/c15-13-6-5-12(7-11(13)8-16)21(19,20)18-14(9-17)10-3-1-2-4-10;/h5-7,10,14,18H,1-4,9,17H2;1H. The van der Waals surface area contributed by atoms with Gasteiger partial charge in [-0.1, -0.05) is 12.8 Å². The van der Waals surface area contributed by atoms with Gasteiger partial charge in [-0.3, -0.25) is 0 Å². The van der Waals surface area contributed by atoms with E-state index in [1.54, 1.807) is 6.07 Å². The van der Waals surface area contributed by atoms with Crippen LogP contribution in [0.2, 0.25) is 0 Å². The topological polar surface area (TPSA) is 96.0 Å². The predicted molar refractivity (Wildman–Crippen MR) is 83.5 cm³/mol. The van der Waals surface area contributed by atoms with Gasteiger partial charge >= 0.3 is 0 Å². The molecule has 0 radical (unpaired) electrons. The average molecular weight is 348 g/mol. The molecule has 1 aromatic carbocycles. The second-order valence-electron chi connectivity index (χ2n) is 5.26. The Morgan fingerprint density at radius 3 is 2.59 bits per heavy atom. The highest BCUT2D eigenvalue weighted by Gasteiger charge is 2.28. The maximum atomic E-state index is 13.3. The number of nitriles is 1. The van der Waals surface area contributed by atoms with Crippen molar-refractivity contribution in [2.45, 2.75) is 36.6 Å². The summed E-state index contributed by atoms with van der Waals surface area (Å²) in [6.07, 6.45) is 4.07. The van der Waals surface area contributed by atoms with Crippen molar-refractivity contribution in [3.63, 3.8) is 0 Å². The summed E-state index contributed by atoms with van der Waals surface area (Å²) >= 11 is 0. The third kappa shape index (κ3) is 4.17. The van der Waals surface area contributed by atoms with Gasteiger partial charge in [-0.05, 0) is 37.0 Å². The Morgan fingerprint density at radius 2 is 2.05 bits per heavy atom. The smallest absolute Gasteiger partial charge is 0.240 e. The minimum Gasteiger partial charge on any atom is -0.329 e. The van der Waals surface area contributed by atoms with E-state index in [2.05, 4.69) is 4.72 Å². The van der Waals surface area contributed by atoms with Gasteiger partial charge in [-0.25, -0.2) is 17.5 Å². The molecule has 1 unspecified atom stereocenters. The summed E-state index contributed by atoms with van der Waals surface area (Å²) < 4.78 is 40.5. The highest BCUT2D eigenvalue weighted by atomic mass is 35.5. The summed E-state index contributed by atoms with van der Waals surface area (Å²) in [6, 6.07) is 4.49. The number of nitrogens with zero attached hydrogens (tertiary/aromatic N) is 1. The fraction of sp³-hybridized carbons (Fsp3) is 0.500. The fourth-order valence-corrected chi connectivity index (χ4v) is 4.06. The lowest BCUT2D eigenvalue weighted by Gasteiger charge is -2.23. The van der Waals surface area contributed by atoms with Crippen molar-refractivity contribution in [3.05, 3.63) is 29.6 Å². The van der Waals surface area contributed by atoms with Gasteiger partial charge in [0.15, 0.2) is 0 Å². The zero-order chi connectivity index (χ0) is 15.5. The number of halogens is 2. The number of rotatable bonds is 5. The molecule has 0 saturated heterocycles. The van der Waals surface area contributed by atoms with Crippen molar-refractivity contribution in [1.29, 1.82) is 5.26 Å². The van der Waals surface area contributed by atoms with E-state index in [9.17, 15) is 12.8 Å². The van der Waals surface area contributed by atoms with E-state index < -0.39 is 15.8 Å². The molecule has 1 aliphatic carbocycles. The van der Waals surface area contributed by atoms with E-state index in [1.807, 2.05) is 0 Å². The molecule has 0 aromatic heterocycles. The van der Waals surface area contributed by atoms with Crippen LogP contribution in [-0.2, 0) is 10.0 Å². The summed E-state index contributed by atoms with van der Waals surface area (Å²) in [5.41, 5.74) is 5.39. The van der Waals surface area contributed by atoms with Gasteiger partial charge in [0.1, 0.15) is 11.9 Å². The Kier molecular flexibility index (Phi) is 6.75. The fourth-order valence-electron chi connectivity index (χ4n) is 2.72. The molecule has 0 heterocycles. The normalized spacial score (nSPS) is 16.8. The Hall–Kier alpha value is -1.20. The molecule has 3 N–H and O–H groups in total. The summed E-state index contributed by atoms with van der Waals surface area (Å²) in [5.74, 6) is -0.497. The highest BCUT2D eigenvalue weighted by molar-refractivity contribution is 7.89. The Morgan fingerprint density at radius 1 is 1.41 bits per heavy atom. The molecule has 8 heteroatoms. The maximum absolute atomic E-state index is 13.3. The molecule has 1 fully saturated rings. The SMILES string of the molecule is Cl.N#Cc1cc(S(=O)(=O)NC(CN)C2CCCC2)ccc1F. The molecule has 122 valence electrons. The number of benzene rings is 1. The van der Waals surface area contributed by atoms with Gasteiger partial charge in [-0.2, -0.15) is 5.26 Å². The summed E-state index contributed by atoms with van der Waals surface area (Å²) in [4.78, 5) is -0.114. The van der Waals surface area contributed by atoms with Crippen LogP contribution >= 0.6 is 12.4 Å². The number of sulfonamides is 1. The van der Waals surface area contributed by atoms with Crippen LogP contribution in [0.3, 0.4) is 0 Å². The minimum absolute atomic E-state index is 0. The summed E-state index contributed by atoms with van der Waals surface area (Å²) in [7, 11) is -3.81. The molecular weight excluding hydrogens is 329 g/mol. The first kappa shape index (κ1) is 18.8. The van der Waals surface area contributed by atoms with Crippen molar-refractivity contribution in [2.24, 2.45) is 11.7 Å². The lowest BCUT2D eigenvalue weighted by molar-refractivity contribution is 0.405. The molecule has 1 saturated carbocycles. The van der Waals surface area contributed by atoms with Crippen molar-refractivity contribution in [2.75, 3.05) is 6.54 Å². The van der Waals surface area contributed by atoms with Crippen molar-refractivity contribution in [1.82, 2.24) is 4.72 Å². The minimum atomic E-state index is -3.81. The van der Waals surface area contributed by atoms with Crippen molar-refractivity contribution in [3.8, 4) is 6.07 Å². The number of hydrogen-bond acceptors (Lipinski definition) is 4. The Labute approximate surface area is 136 Å². The molecule has 1 aliphatic rings. The third-order valence-electron chi connectivity index (χ3n) is 3.90. The molecule has 0 amide bonds. The van der Waals surface area contributed by atoms with Crippen LogP contribution < -0.4 is 10.5 Å². The number of hydrogen-bond donors (Lipinski definition) is 2. The van der Waals surface area contributed by atoms with Crippen molar-refractivity contribution >= 4 is 22.4 Å². The number of nitrogens with two attached hydrogens (primary N) is 1. The van der Waals surface area contributed by atoms with Gasteiger partial charge in [0.05, 0.1) is 10.5 Å². The van der Waals surface area contributed by atoms with E-state index in [4.69, 9.17) is 11.0 Å². The van der Waals surface area contributed by atoms with E-state index in [0.717, 1.165) is 43.9 Å². The van der Waals surface area contributed by atoms with E-state index in [0.29, 0.717) is 0 Å². The van der Waals surface area contributed by atoms with Gasteiger partial charge in [0.2, 0.25) is 10.0 Å². The number of nitrogens with one attached hydrogen (secondary N) is 1. The van der Waals surface area contributed by atoms with E-state index in [1.165, 1.54) is 0 Å². The predicted octanol–water partition coefficient (Wildman–Crippen LogP) is 1.91. The quantitative estimate of drug-likeness (QED) is 0.850. The first-order valence-corrected chi connectivity index (χ1v) is 8.38. The molecule has 5 nitrogen and oxygen atoms in total. The van der Waals surface area contributed by atoms with Crippen LogP contribution in [0.4, 0.5) is 4.39 Å². The van der Waals surface area contributed by atoms with Gasteiger partial charge in [0, 0.05) is 12.6 Å². The van der Waals surface area contributed by atoms with E-state index in [-0.39, 0.29) is 41.4 Å². The molecule has 1 aromatic rings. The first-order chi connectivity index (χ1) is 9.97. The Balaban J connectivity index is 0.00000242. The maximum Gasteiger partial charge on any atom is 0.240 e. The zero-order valence-corrected chi connectivity index (χ0v) is 13.6. The molecular formula is C14H19ClFN3O2S. The molecule has 0 aliphatic heterocycles. The van der Waals surface area contributed by atoms with Crippen LogP contribution in [-0.4, -0.2) is 21.0 Å². The van der Waals surface area contributed by atoms with Crippen molar-refractivity contribution < 1.29 is 12.8 Å². The van der Waals surface area contributed by atoms with Crippen LogP contribution in [0.5, 0.6) is 0 Å². The monoisotopic (exact) mass is 347 g/mol. The Bertz CT molecular complexity index is 655. The third-order valence-corrected chi connectivity index (χ3v) is 5.39. The van der Waals surface area contributed by atoms with Crippen LogP contribution in [0, 0.1) is 23.1 Å². The van der Waals surface area contributed by atoms with Gasteiger partial charge in [0.25, 0.3) is 0 Å². The molecule has 0 bridgehead atoms. The lowest BCUT2D eigenvalue weighted by Crippen LogP contribution is -2.44. The second kappa shape index (κ2) is 7.88. The molecule has 2 rings (SSSR count). The summed E-state index contributed by atoms with van der Waals surface area (Å²) in [5, 5.41) is 8.78. The lowest BCUT2D eigenvalue weighted by atomic mass is 9.99.